The minimum atomic E-state index is -0.624. The molecule has 3 amide bonds. The van der Waals surface area contributed by atoms with Gasteiger partial charge in [-0.1, -0.05) is 72.8 Å². The molecular formula is C36H28N2O5. The quantitative estimate of drug-likeness (QED) is 0.188. The van der Waals surface area contributed by atoms with Crippen molar-refractivity contribution in [3.05, 3.63) is 125 Å². The number of hydrogen-bond donors (Lipinski definition) is 0. The van der Waals surface area contributed by atoms with Gasteiger partial charge in [-0.2, -0.15) is 0 Å². The number of rotatable bonds is 4. The minimum absolute atomic E-state index is 0.0587. The van der Waals surface area contributed by atoms with Gasteiger partial charge in [-0.3, -0.25) is 19.2 Å². The maximum absolute atomic E-state index is 14.1. The van der Waals surface area contributed by atoms with Gasteiger partial charge in [-0.25, -0.2) is 4.90 Å². The molecule has 4 aromatic carbocycles. The van der Waals surface area contributed by atoms with Gasteiger partial charge in [0.05, 0.1) is 23.4 Å². The molecule has 3 aliphatic carbocycles. The fraction of sp³-hybridized carbons (Fsp3) is 0.222. The van der Waals surface area contributed by atoms with Crippen molar-refractivity contribution in [2.45, 2.75) is 25.2 Å². The van der Waals surface area contributed by atoms with E-state index in [4.69, 9.17) is 4.74 Å². The number of ether oxygens (including phenoxy) is 1. The number of benzene rings is 4. The Morgan fingerprint density at radius 2 is 1.28 bits per heavy atom. The van der Waals surface area contributed by atoms with Gasteiger partial charge < -0.3 is 9.64 Å². The van der Waals surface area contributed by atoms with Gasteiger partial charge in [0.25, 0.3) is 0 Å². The molecule has 2 saturated heterocycles. The Morgan fingerprint density at radius 1 is 0.721 bits per heavy atom. The predicted octanol–water partition coefficient (Wildman–Crippen LogP) is 5.35. The molecule has 4 aromatic rings. The van der Waals surface area contributed by atoms with Crippen molar-refractivity contribution in [3.8, 4) is 5.75 Å². The second-order valence-electron chi connectivity index (χ2n) is 11.9. The molecule has 0 unspecified atom stereocenters. The summed E-state index contributed by atoms with van der Waals surface area (Å²) in [7, 11) is 0. The van der Waals surface area contributed by atoms with Crippen molar-refractivity contribution in [1.82, 2.24) is 0 Å². The van der Waals surface area contributed by atoms with Crippen molar-refractivity contribution >= 4 is 35.1 Å². The Hall–Kier alpha value is -5.04. The highest BCUT2D eigenvalue weighted by Crippen LogP contribution is 2.61. The monoisotopic (exact) mass is 568 g/mol. The van der Waals surface area contributed by atoms with E-state index in [-0.39, 0.29) is 48.3 Å². The van der Waals surface area contributed by atoms with E-state index >= 15 is 0 Å². The van der Waals surface area contributed by atoms with E-state index in [1.54, 1.807) is 29.2 Å². The predicted molar refractivity (Wildman–Crippen MR) is 160 cm³/mol. The van der Waals surface area contributed by atoms with Crippen LogP contribution in [0.3, 0.4) is 0 Å². The van der Waals surface area contributed by atoms with Crippen LogP contribution in [0.4, 0.5) is 11.4 Å². The Labute approximate surface area is 248 Å². The van der Waals surface area contributed by atoms with Crippen LogP contribution in [0.5, 0.6) is 5.75 Å². The highest BCUT2D eigenvalue weighted by molar-refractivity contribution is 6.23. The Balaban J connectivity index is 1.06. The van der Waals surface area contributed by atoms with Crippen molar-refractivity contribution in [1.29, 1.82) is 0 Å². The number of carbonyl (C=O) groups is 4. The SMILES string of the molecule is Cc1ccccc1N1C[C@@H](C(=O)Oc2cccc(N3C(=O)[C@@H]4C5c6ccccc6C(c6ccccc65)[C@@H]4C3=O)c2)CC1=O. The van der Waals surface area contributed by atoms with Gasteiger partial charge in [0.15, 0.2) is 0 Å². The zero-order valence-electron chi connectivity index (χ0n) is 23.5. The number of carbonyl (C=O) groups excluding carboxylic acids is 4. The lowest BCUT2D eigenvalue weighted by molar-refractivity contribution is -0.139. The number of anilines is 2. The van der Waals surface area contributed by atoms with Gasteiger partial charge in [-0.05, 0) is 52.9 Å². The summed E-state index contributed by atoms with van der Waals surface area (Å²) in [5.74, 6) is -2.87. The number of aryl methyl sites for hydroxylation is 1. The van der Waals surface area contributed by atoms with Gasteiger partial charge in [0, 0.05) is 36.6 Å². The zero-order valence-corrected chi connectivity index (χ0v) is 23.5. The van der Waals surface area contributed by atoms with Gasteiger partial charge in [0.2, 0.25) is 17.7 Å². The number of amides is 3. The molecule has 0 aromatic heterocycles. The molecule has 0 saturated carbocycles. The molecule has 212 valence electrons. The molecule has 7 nitrogen and oxygen atoms in total. The zero-order chi connectivity index (χ0) is 29.4. The van der Waals surface area contributed by atoms with Crippen LogP contribution in [-0.2, 0) is 19.2 Å². The maximum atomic E-state index is 14.1. The molecule has 3 atom stereocenters. The van der Waals surface area contributed by atoms with Crippen molar-refractivity contribution < 1.29 is 23.9 Å². The maximum Gasteiger partial charge on any atom is 0.316 e. The number of hydrogen-bond acceptors (Lipinski definition) is 5. The molecule has 2 bridgehead atoms. The smallest absolute Gasteiger partial charge is 0.316 e. The number of esters is 1. The molecule has 0 radical (unpaired) electrons. The molecule has 0 spiro atoms. The summed E-state index contributed by atoms with van der Waals surface area (Å²) in [5, 5.41) is 0. The lowest BCUT2D eigenvalue weighted by atomic mass is 9.55. The van der Waals surface area contributed by atoms with Crippen molar-refractivity contribution in [3.63, 3.8) is 0 Å². The molecule has 0 N–H and O–H groups in total. The summed E-state index contributed by atoms with van der Waals surface area (Å²) < 4.78 is 5.74. The second-order valence-corrected chi connectivity index (χ2v) is 11.9. The van der Waals surface area contributed by atoms with Gasteiger partial charge >= 0.3 is 5.97 Å². The number of para-hydroxylation sites is 1. The standard InChI is InChI=1S/C36H28N2O5/c1-20-9-2-7-16-28(20)37-19-21(17-29(37)39)36(42)43-23-11-8-10-22(18-23)38-34(40)32-30-24-12-3-4-13-25(24)31(33(32)35(38)41)27-15-6-5-14-26(27)30/h2-16,18,21,30-33H,17,19H2,1H3/t21-,30?,31?,32-,33+/m0/s1. The summed E-state index contributed by atoms with van der Waals surface area (Å²) in [6.07, 6.45) is 0.0587. The van der Waals surface area contributed by atoms with E-state index < -0.39 is 23.7 Å². The minimum Gasteiger partial charge on any atom is -0.426 e. The lowest BCUT2D eigenvalue weighted by Gasteiger charge is -2.45. The molecule has 5 aliphatic rings. The fourth-order valence-electron chi connectivity index (χ4n) is 7.78. The van der Waals surface area contributed by atoms with Crippen LogP contribution in [0, 0.1) is 24.7 Å². The lowest BCUT2D eigenvalue weighted by Crippen LogP contribution is -2.41. The van der Waals surface area contributed by atoms with E-state index in [2.05, 4.69) is 24.3 Å². The molecule has 2 aliphatic heterocycles. The largest absolute Gasteiger partial charge is 0.426 e. The Kier molecular flexibility index (Phi) is 5.66. The summed E-state index contributed by atoms with van der Waals surface area (Å²) in [5.41, 5.74) is 6.58. The molecule has 2 heterocycles. The van der Waals surface area contributed by atoms with Crippen LogP contribution in [0.15, 0.2) is 97.1 Å². The third-order valence-corrected chi connectivity index (χ3v) is 9.61. The first kappa shape index (κ1) is 25.7. The van der Waals surface area contributed by atoms with Crippen LogP contribution in [0.25, 0.3) is 0 Å². The molecule has 9 rings (SSSR count). The first-order chi connectivity index (χ1) is 20.9. The van der Waals surface area contributed by atoms with E-state index in [0.29, 0.717) is 5.69 Å². The third kappa shape index (κ3) is 3.74. The Morgan fingerprint density at radius 3 is 1.86 bits per heavy atom. The summed E-state index contributed by atoms with van der Waals surface area (Å²) in [6.45, 7) is 2.16. The highest BCUT2D eigenvalue weighted by atomic mass is 16.5. The number of imide groups is 1. The van der Waals surface area contributed by atoms with E-state index in [1.165, 1.54) is 4.90 Å². The van der Waals surface area contributed by atoms with Crippen molar-refractivity contribution in [2.75, 3.05) is 16.3 Å². The molecular weight excluding hydrogens is 540 g/mol. The first-order valence-corrected chi connectivity index (χ1v) is 14.7. The van der Waals surface area contributed by atoms with E-state index in [9.17, 15) is 19.2 Å². The van der Waals surface area contributed by atoms with Crippen LogP contribution in [-0.4, -0.2) is 30.2 Å². The number of nitrogens with zero attached hydrogens (tertiary/aromatic N) is 2. The summed E-state index contributed by atoms with van der Waals surface area (Å²) in [4.78, 5) is 57.1. The summed E-state index contributed by atoms with van der Waals surface area (Å²) >= 11 is 0. The van der Waals surface area contributed by atoms with E-state index in [0.717, 1.165) is 33.5 Å². The average molecular weight is 569 g/mol. The van der Waals surface area contributed by atoms with Crippen LogP contribution >= 0.6 is 0 Å². The summed E-state index contributed by atoms with van der Waals surface area (Å²) in [6, 6.07) is 30.4. The molecule has 2 fully saturated rings. The highest BCUT2D eigenvalue weighted by Gasteiger charge is 2.61. The third-order valence-electron chi connectivity index (χ3n) is 9.61. The van der Waals surface area contributed by atoms with Crippen LogP contribution in [0.2, 0.25) is 0 Å². The molecule has 7 heteroatoms. The first-order valence-electron chi connectivity index (χ1n) is 14.7. The van der Waals surface area contributed by atoms with Crippen LogP contribution in [0.1, 0.15) is 46.1 Å². The van der Waals surface area contributed by atoms with E-state index in [1.807, 2.05) is 55.5 Å². The fourth-order valence-corrected chi connectivity index (χ4v) is 7.78. The molecule has 43 heavy (non-hydrogen) atoms. The van der Waals surface area contributed by atoms with Crippen molar-refractivity contribution in [2.24, 2.45) is 17.8 Å². The topological polar surface area (TPSA) is 84.0 Å². The van der Waals surface area contributed by atoms with Crippen LogP contribution < -0.4 is 14.5 Å². The second kappa shape index (κ2) is 9.49. The normalized spacial score (nSPS) is 25.0. The average Bonchev–Trinajstić information content (AvgIpc) is 3.54. The Bertz CT molecular complexity index is 1750. The van der Waals surface area contributed by atoms with Gasteiger partial charge in [-0.15, -0.1) is 0 Å². The van der Waals surface area contributed by atoms with Gasteiger partial charge in [0.1, 0.15) is 5.75 Å².